The third-order valence-electron chi connectivity index (χ3n) is 3.04. The number of carbonyl (C=O) groups excluding carboxylic acids is 1. The van der Waals surface area contributed by atoms with Crippen molar-refractivity contribution in [2.75, 3.05) is 17.7 Å². The molecule has 0 aliphatic carbocycles. The summed E-state index contributed by atoms with van der Waals surface area (Å²) in [7, 11) is 1.93. The zero-order valence-electron chi connectivity index (χ0n) is 11.1. The van der Waals surface area contributed by atoms with Gasteiger partial charge in [-0.05, 0) is 35.9 Å². The first-order chi connectivity index (χ1) is 9.47. The Balaban J connectivity index is 2.18. The van der Waals surface area contributed by atoms with E-state index in [0.29, 0.717) is 17.1 Å². The summed E-state index contributed by atoms with van der Waals surface area (Å²) >= 11 is 6.19. The second-order valence-corrected chi connectivity index (χ2v) is 5.04. The number of amides is 1. The molecule has 0 spiro atoms. The molecule has 4 nitrogen and oxygen atoms in total. The number of nitrogens with two attached hydrogens (primary N) is 2. The molecule has 0 fully saturated rings. The summed E-state index contributed by atoms with van der Waals surface area (Å²) in [6.45, 7) is 0.690. The van der Waals surface area contributed by atoms with E-state index < -0.39 is 5.91 Å². The number of anilines is 2. The van der Waals surface area contributed by atoms with Gasteiger partial charge in [-0.15, -0.1) is 0 Å². The molecule has 0 bridgehead atoms. The topological polar surface area (TPSA) is 72.3 Å². The molecule has 0 saturated heterocycles. The Kier molecular flexibility index (Phi) is 4.15. The minimum absolute atomic E-state index is 0.402. The minimum Gasteiger partial charge on any atom is -0.399 e. The van der Waals surface area contributed by atoms with Crippen LogP contribution in [0, 0.1) is 0 Å². The molecule has 4 N–H and O–H groups in total. The van der Waals surface area contributed by atoms with Gasteiger partial charge in [-0.25, -0.2) is 0 Å². The van der Waals surface area contributed by atoms with E-state index in [1.54, 1.807) is 18.2 Å². The number of rotatable bonds is 4. The normalized spacial score (nSPS) is 10.3. The number of halogens is 1. The molecule has 0 atom stereocenters. The Bertz CT molecular complexity index is 626. The predicted octanol–water partition coefficient (Wildman–Crippen LogP) is 2.66. The van der Waals surface area contributed by atoms with Crippen molar-refractivity contribution < 1.29 is 4.79 Å². The number of carbonyl (C=O) groups is 1. The number of primary amides is 1. The van der Waals surface area contributed by atoms with E-state index in [0.717, 1.165) is 16.9 Å². The molecule has 2 rings (SSSR count). The fraction of sp³-hybridized carbons (Fsp3) is 0.133. The highest BCUT2D eigenvalue weighted by Gasteiger charge is 2.09. The van der Waals surface area contributed by atoms with Crippen molar-refractivity contribution >= 4 is 28.9 Å². The molecule has 0 aliphatic rings. The zero-order valence-corrected chi connectivity index (χ0v) is 11.9. The molecule has 2 aromatic rings. The van der Waals surface area contributed by atoms with Crippen molar-refractivity contribution in [2.45, 2.75) is 6.54 Å². The molecule has 0 radical (unpaired) electrons. The average Bonchev–Trinajstić information content (AvgIpc) is 2.41. The molecular weight excluding hydrogens is 274 g/mol. The van der Waals surface area contributed by atoms with Crippen LogP contribution in [0.4, 0.5) is 11.4 Å². The quantitative estimate of drug-likeness (QED) is 0.850. The van der Waals surface area contributed by atoms with Crippen molar-refractivity contribution in [1.82, 2.24) is 0 Å². The van der Waals surface area contributed by atoms with Gasteiger partial charge in [0.05, 0.1) is 10.7 Å². The summed E-state index contributed by atoms with van der Waals surface area (Å²) in [6.07, 6.45) is 0. The second kappa shape index (κ2) is 5.84. The fourth-order valence-corrected chi connectivity index (χ4v) is 2.28. The van der Waals surface area contributed by atoms with E-state index in [4.69, 9.17) is 23.1 Å². The lowest BCUT2D eigenvalue weighted by molar-refractivity contribution is 0.100. The molecule has 104 valence electrons. The van der Waals surface area contributed by atoms with Gasteiger partial charge in [0.25, 0.3) is 0 Å². The maximum atomic E-state index is 11.1. The Morgan fingerprint density at radius 1 is 1.20 bits per heavy atom. The van der Waals surface area contributed by atoms with Gasteiger partial charge in [0.15, 0.2) is 0 Å². The molecule has 2 aromatic carbocycles. The summed E-state index contributed by atoms with van der Waals surface area (Å²) in [5.41, 5.74) is 14.0. The number of hydrogen-bond donors (Lipinski definition) is 2. The number of benzene rings is 2. The first-order valence-corrected chi connectivity index (χ1v) is 6.50. The Morgan fingerprint density at radius 2 is 1.85 bits per heavy atom. The van der Waals surface area contributed by atoms with Gasteiger partial charge in [0.2, 0.25) is 5.91 Å². The van der Waals surface area contributed by atoms with Gasteiger partial charge in [-0.2, -0.15) is 0 Å². The molecule has 1 amide bonds. The van der Waals surface area contributed by atoms with Gasteiger partial charge in [-0.3, -0.25) is 4.79 Å². The fourth-order valence-electron chi connectivity index (χ4n) is 1.95. The Hall–Kier alpha value is -2.20. The van der Waals surface area contributed by atoms with Crippen LogP contribution in [0.2, 0.25) is 5.02 Å². The maximum Gasteiger partial charge on any atom is 0.248 e. The first-order valence-electron chi connectivity index (χ1n) is 6.12. The molecule has 5 heteroatoms. The molecule has 0 aromatic heterocycles. The van der Waals surface area contributed by atoms with Crippen LogP contribution in [0.1, 0.15) is 15.9 Å². The van der Waals surface area contributed by atoms with Gasteiger partial charge >= 0.3 is 0 Å². The van der Waals surface area contributed by atoms with Crippen molar-refractivity contribution in [3.8, 4) is 0 Å². The largest absolute Gasteiger partial charge is 0.399 e. The van der Waals surface area contributed by atoms with E-state index in [2.05, 4.69) is 0 Å². The maximum absolute atomic E-state index is 11.1. The summed E-state index contributed by atoms with van der Waals surface area (Å²) in [5.74, 6) is -0.486. The first kappa shape index (κ1) is 14.2. The third kappa shape index (κ3) is 3.22. The monoisotopic (exact) mass is 289 g/mol. The summed E-state index contributed by atoms with van der Waals surface area (Å²) < 4.78 is 0. The molecule has 0 unspecified atom stereocenters. The van der Waals surface area contributed by atoms with E-state index in [-0.39, 0.29) is 0 Å². The van der Waals surface area contributed by atoms with Gasteiger partial charge < -0.3 is 16.4 Å². The Morgan fingerprint density at radius 3 is 2.40 bits per heavy atom. The molecule has 0 heterocycles. The third-order valence-corrected chi connectivity index (χ3v) is 3.35. The average molecular weight is 290 g/mol. The van der Waals surface area contributed by atoms with E-state index in [9.17, 15) is 4.79 Å². The van der Waals surface area contributed by atoms with Crippen LogP contribution in [-0.2, 0) is 6.54 Å². The van der Waals surface area contributed by atoms with Crippen LogP contribution in [0.25, 0.3) is 0 Å². The van der Waals surface area contributed by atoms with E-state index in [1.807, 2.05) is 36.2 Å². The summed E-state index contributed by atoms with van der Waals surface area (Å²) in [4.78, 5) is 13.1. The highest BCUT2D eigenvalue weighted by atomic mass is 35.5. The lowest BCUT2D eigenvalue weighted by Crippen LogP contribution is -2.17. The molecule has 0 saturated carbocycles. The van der Waals surface area contributed by atoms with Crippen LogP contribution in [0.3, 0.4) is 0 Å². The molecule has 20 heavy (non-hydrogen) atoms. The van der Waals surface area contributed by atoms with Crippen LogP contribution < -0.4 is 16.4 Å². The Labute approximate surface area is 122 Å². The predicted molar refractivity (Wildman–Crippen MR) is 82.9 cm³/mol. The lowest BCUT2D eigenvalue weighted by Gasteiger charge is -2.21. The number of nitrogen functional groups attached to an aromatic ring is 1. The van der Waals surface area contributed by atoms with E-state index in [1.165, 1.54) is 0 Å². The van der Waals surface area contributed by atoms with Gasteiger partial charge in [0.1, 0.15) is 0 Å². The van der Waals surface area contributed by atoms with Crippen LogP contribution in [0.15, 0.2) is 42.5 Å². The van der Waals surface area contributed by atoms with Crippen molar-refractivity contribution in [2.24, 2.45) is 5.73 Å². The molecular formula is C15H16ClN3O. The van der Waals surface area contributed by atoms with Crippen LogP contribution in [0.5, 0.6) is 0 Å². The minimum atomic E-state index is -0.486. The molecule has 0 aliphatic heterocycles. The summed E-state index contributed by atoms with van der Waals surface area (Å²) in [6, 6.07) is 12.7. The van der Waals surface area contributed by atoms with E-state index >= 15 is 0 Å². The van der Waals surface area contributed by atoms with Crippen molar-refractivity contribution in [1.29, 1.82) is 0 Å². The van der Waals surface area contributed by atoms with Crippen molar-refractivity contribution in [3.63, 3.8) is 0 Å². The van der Waals surface area contributed by atoms with Crippen molar-refractivity contribution in [3.05, 3.63) is 58.6 Å². The van der Waals surface area contributed by atoms with Gasteiger partial charge in [0, 0.05) is 24.8 Å². The van der Waals surface area contributed by atoms with Crippen LogP contribution in [-0.4, -0.2) is 13.0 Å². The summed E-state index contributed by atoms with van der Waals surface area (Å²) in [5, 5.41) is 0.499. The van der Waals surface area contributed by atoms with Gasteiger partial charge in [-0.1, -0.05) is 23.7 Å². The zero-order chi connectivity index (χ0) is 14.7. The lowest BCUT2D eigenvalue weighted by atomic mass is 10.1. The van der Waals surface area contributed by atoms with Crippen LogP contribution >= 0.6 is 11.6 Å². The second-order valence-electron chi connectivity index (χ2n) is 4.63. The SMILES string of the molecule is CN(Cc1ccc(N)cc1)c1ccc(C(N)=O)cc1Cl. The number of hydrogen-bond acceptors (Lipinski definition) is 3. The highest BCUT2D eigenvalue weighted by molar-refractivity contribution is 6.33. The standard InChI is InChI=1S/C15H16ClN3O/c1-19(9-10-2-5-12(17)6-3-10)14-7-4-11(15(18)20)8-13(14)16/h2-8H,9,17H2,1H3,(H2,18,20). The highest BCUT2D eigenvalue weighted by Crippen LogP contribution is 2.27. The smallest absolute Gasteiger partial charge is 0.248 e. The number of nitrogens with zero attached hydrogens (tertiary/aromatic N) is 1.